The molecule has 134 valence electrons. The summed E-state index contributed by atoms with van der Waals surface area (Å²) in [5.74, 6) is 1.09. The van der Waals surface area contributed by atoms with Crippen molar-refractivity contribution in [2.75, 3.05) is 4.90 Å². The van der Waals surface area contributed by atoms with Crippen molar-refractivity contribution in [2.24, 2.45) is 0 Å². The number of benzene rings is 1. The highest BCUT2D eigenvalue weighted by Crippen LogP contribution is 2.48. The van der Waals surface area contributed by atoms with Gasteiger partial charge in [0.05, 0.1) is 11.9 Å². The van der Waals surface area contributed by atoms with E-state index < -0.39 is 0 Å². The molecular weight excluding hydrogens is 327 g/mol. The van der Waals surface area contributed by atoms with E-state index in [2.05, 4.69) is 17.1 Å². The smallest absolute Gasteiger partial charge is 0.145 e. The fraction of sp³-hybridized carbons (Fsp3) is 0.381. The zero-order chi connectivity index (χ0) is 18.4. The van der Waals surface area contributed by atoms with Gasteiger partial charge in [-0.3, -0.25) is 20.7 Å². The molecule has 0 atom stereocenters. The Morgan fingerprint density at radius 1 is 1.27 bits per heavy atom. The van der Waals surface area contributed by atoms with Gasteiger partial charge in [0.1, 0.15) is 17.5 Å². The van der Waals surface area contributed by atoms with Crippen LogP contribution >= 0.6 is 0 Å². The van der Waals surface area contributed by atoms with Crippen molar-refractivity contribution in [1.82, 2.24) is 4.98 Å². The van der Waals surface area contributed by atoms with E-state index >= 15 is 0 Å². The highest BCUT2D eigenvalue weighted by Gasteiger charge is 2.34. The minimum absolute atomic E-state index is 0.255. The van der Waals surface area contributed by atoms with E-state index in [4.69, 9.17) is 10.8 Å². The molecule has 0 unspecified atom stereocenters. The van der Waals surface area contributed by atoms with Crippen molar-refractivity contribution in [2.45, 2.75) is 51.9 Å². The Morgan fingerprint density at radius 3 is 2.69 bits per heavy atom. The van der Waals surface area contributed by atoms with Gasteiger partial charge in [-0.25, -0.2) is 4.39 Å². The molecule has 0 bridgehead atoms. The van der Waals surface area contributed by atoms with Gasteiger partial charge in [0.25, 0.3) is 0 Å². The number of halogens is 1. The number of pyridine rings is 1. The summed E-state index contributed by atoms with van der Waals surface area (Å²) in [5, 5.41) is 16.4. The molecule has 1 aromatic carbocycles. The average molecular weight is 350 g/mol. The van der Waals surface area contributed by atoms with Gasteiger partial charge in [-0.15, -0.1) is 0 Å². The molecule has 26 heavy (non-hydrogen) atoms. The number of aromatic nitrogens is 1. The predicted octanol–water partition coefficient (Wildman–Crippen LogP) is 5.05. The highest BCUT2D eigenvalue weighted by molar-refractivity contribution is 6.18. The topological polar surface area (TPSA) is 63.8 Å². The molecule has 2 aliphatic rings. The predicted molar refractivity (Wildman–Crippen MR) is 103 cm³/mol. The Kier molecular flexibility index (Phi) is 4.10. The lowest BCUT2D eigenvalue weighted by molar-refractivity contribution is 0.606. The minimum Gasteiger partial charge on any atom is -0.288 e. The molecule has 1 aliphatic heterocycles. The third-order valence-electron chi connectivity index (χ3n) is 5.37. The number of nitrogens with zero attached hydrogens (tertiary/aromatic N) is 2. The molecule has 0 amide bonds. The van der Waals surface area contributed by atoms with Crippen LogP contribution < -0.4 is 4.90 Å². The second-order valence-electron chi connectivity index (χ2n) is 7.22. The van der Waals surface area contributed by atoms with Crippen LogP contribution in [0.4, 0.5) is 10.1 Å². The monoisotopic (exact) mass is 350 g/mol. The van der Waals surface area contributed by atoms with Crippen LogP contribution in [0.2, 0.25) is 0 Å². The summed E-state index contributed by atoms with van der Waals surface area (Å²) >= 11 is 0. The largest absolute Gasteiger partial charge is 0.288 e. The molecule has 5 heteroatoms. The van der Waals surface area contributed by atoms with Crippen LogP contribution in [0.25, 0.3) is 11.1 Å². The first-order chi connectivity index (χ1) is 12.5. The van der Waals surface area contributed by atoms with Gasteiger partial charge < -0.3 is 0 Å². The average Bonchev–Trinajstić information content (AvgIpc) is 3.45. The first kappa shape index (κ1) is 16.9. The Labute approximate surface area is 153 Å². The highest BCUT2D eigenvalue weighted by atomic mass is 19.1. The summed E-state index contributed by atoms with van der Waals surface area (Å²) in [7, 11) is 0. The first-order valence-electron chi connectivity index (χ1n) is 9.23. The molecule has 4 rings (SSSR count). The van der Waals surface area contributed by atoms with Crippen molar-refractivity contribution >= 4 is 17.4 Å². The number of hydrogen-bond donors (Lipinski definition) is 2. The SMILES string of the molecule is CCc1c(F)cncc1-c1cc2c(c(C3CC3)c1)N(C(C)=N)C(=N)CC2. The van der Waals surface area contributed by atoms with E-state index in [0.717, 1.165) is 41.6 Å². The fourth-order valence-electron chi connectivity index (χ4n) is 3.98. The number of hydrogen-bond acceptors (Lipinski definition) is 3. The Hall–Kier alpha value is -2.56. The second-order valence-corrected chi connectivity index (χ2v) is 7.22. The van der Waals surface area contributed by atoms with Gasteiger partial charge in [-0.05, 0) is 72.9 Å². The summed E-state index contributed by atoms with van der Waals surface area (Å²) in [5.41, 5.74) is 5.92. The van der Waals surface area contributed by atoms with E-state index in [1.54, 1.807) is 18.0 Å². The number of aryl methyl sites for hydroxylation is 1. The maximum Gasteiger partial charge on any atom is 0.145 e. The molecule has 1 aromatic heterocycles. The van der Waals surface area contributed by atoms with Gasteiger partial charge >= 0.3 is 0 Å². The summed E-state index contributed by atoms with van der Waals surface area (Å²) in [6.07, 6.45) is 7.34. The number of fused-ring (bicyclic) bond motifs is 1. The first-order valence-corrected chi connectivity index (χ1v) is 9.23. The van der Waals surface area contributed by atoms with Crippen LogP contribution in [0.1, 0.15) is 55.7 Å². The van der Waals surface area contributed by atoms with Crippen LogP contribution in [0.3, 0.4) is 0 Å². The van der Waals surface area contributed by atoms with Gasteiger partial charge in [-0.2, -0.15) is 0 Å². The zero-order valence-electron chi connectivity index (χ0n) is 15.2. The molecule has 2 heterocycles. The Balaban J connectivity index is 1.94. The van der Waals surface area contributed by atoms with E-state index in [0.29, 0.717) is 36.0 Å². The van der Waals surface area contributed by atoms with Crippen LogP contribution in [-0.4, -0.2) is 16.7 Å². The van der Waals surface area contributed by atoms with E-state index in [1.165, 1.54) is 11.8 Å². The van der Waals surface area contributed by atoms with E-state index in [1.807, 2.05) is 6.92 Å². The molecular formula is C21H23FN4. The van der Waals surface area contributed by atoms with Crippen molar-refractivity contribution in [3.8, 4) is 11.1 Å². The maximum atomic E-state index is 14.2. The third-order valence-corrected chi connectivity index (χ3v) is 5.37. The molecule has 1 saturated carbocycles. The fourth-order valence-corrected chi connectivity index (χ4v) is 3.98. The lowest BCUT2D eigenvalue weighted by atomic mass is 9.89. The third kappa shape index (κ3) is 2.71. The Bertz CT molecular complexity index is 914. The van der Waals surface area contributed by atoms with Gasteiger partial charge in [0.15, 0.2) is 0 Å². The number of anilines is 1. The lowest BCUT2D eigenvalue weighted by Gasteiger charge is -2.33. The van der Waals surface area contributed by atoms with Crippen LogP contribution in [-0.2, 0) is 12.8 Å². The number of rotatable bonds is 3. The summed E-state index contributed by atoms with van der Waals surface area (Å²) < 4.78 is 14.2. The summed E-state index contributed by atoms with van der Waals surface area (Å²) in [4.78, 5) is 5.85. The van der Waals surface area contributed by atoms with Crippen molar-refractivity contribution in [3.05, 3.63) is 47.0 Å². The van der Waals surface area contributed by atoms with Crippen molar-refractivity contribution in [1.29, 1.82) is 10.8 Å². The molecule has 1 fully saturated rings. The normalized spacial score (nSPS) is 16.6. The molecule has 2 aromatic rings. The Morgan fingerprint density at radius 2 is 2.04 bits per heavy atom. The second kappa shape index (κ2) is 6.31. The molecule has 0 radical (unpaired) electrons. The minimum atomic E-state index is -0.255. The van der Waals surface area contributed by atoms with Crippen molar-refractivity contribution < 1.29 is 4.39 Å². The van der Waals surface area contributed by atoms with Crippen LogP contribution in [0, 0.1) is 16.6 Å². The maximum absolute atomic E-state index is 14.2. The number of nitrogens with one attached hydrogen (secondary N) is 2. The summed E-state index contributed by atoms with van der Waals surface area (Å²) in [6, 6.07) is 4.25. The molecule has 0 spiro atoms. The van der Waals surface area contributed by atoms with Crippen LogP contribution in [0.15, 0.2) is 24.5 Å². The van der Waals surface area contributed by atoms with Gasteiger partial charge in [0, 0.05) is 18.2 Å². The van der Waals surface area contributed by atoms with Crippen molar-refractivity contribution in [3.63, 3.8) is 0 Å². The quantitative estimate of drug-likeness (QED) is 0.601. The standard InChI is InChI=1S/C21H23FN4/c1-3-16-18(10-25-11-19(16)22)15-8-14-6-7-20(24)26(12(2)23)21(14)17(9-15)13-4-5-13/h8-11,13,23-24H,3-7H2,1-2H3. The number of amidine groups is 2. The van der Waals surface area contributed by atoms with Gasteiger partial charge in [0.2, 0.25) is 0 Å². The van der Waals surface area contributed by atoms with E-state index in [9.17, 15) is 4.39 Å². The zero-order valence-corrected chi connectivity index (χ0v) is 15.2. The van der Waals surface area contributed by atoms with E-state index in [-0.39, 0.29) is 5.82 Å². The van der Waals surface area contributed by atoms with Gasteiger partial charge in [-0.1, -0.05) is 6.92 Å². The summed E-state index contributed by atoms with van der Waals surface area (Å²) in [6.45, 7) is 3.70. The lowest BCUT2D eigenvalue weighted by Crippen LogP contribution is -2.38. The molecule has 2 N–H and O–H groups in total. The molecule has 0 saturated heterocycles. The molecule has 1 aliphatic carbocycles. The molecule has 4 nitrogen and oxygen atoms in total. The van der Waals surface area contributed by atoms with Crippen LogP contribution in [0.5, 0.6) is 0 Å².